The maximum absolute atomic E-state index is 12.2. The van der Waals surface area contributed by atoms with Crippen molar-refractivity contribution in [2.24, 2.45) is 0 Å². The molecule has 0 unspecified atom stereocenters. The smallest absolute Gasteiger partial charge is 0.323 e. The molecule has 0 atom stereocenters. The van der Waals surface area contributed by atoms with Crippen molar-refractivity contribution in [3.05, 3.63) is 48.0 Å². The summed E-state index contributed by atoms with van der Waals surface area (Å²) in [7, 11) is 3.34. The van der Waals surface area contributed by atoms with Crippen LogP contribution in [0.1, 0.15) is 11.4 Å². The molecular weight excluding hydrogens is 340 g/mol. The topological polar surface area (TPSA) is 85.2 Å². The lowest BCUT2D eigenvalue weighted by atomic mass is 10.3. The maximum Gasteiger partial charge on any atom is 0.323 e. The van der Waals surface area contributed by atoms with E-state index in [1.54, 1.807) is 36.9 Å². The fourth-order valence-electron chi connectivity index (χ4n) is 2.22. The molecule has 2 heterocycles. The number of carbonyl (C=O) groups excluding carboxylic acids is 1. The van der Waals surface area contributed by atoms with Crippen molar-refractivity contribution in [1.29, 1.82) is 0 Å². The summed E-state index contributed by atoms with van der Waals surface area (Å²) in [6.45, 7) is 2.20. The van der Waals surface area contributed by atoms with E-state index in [0.717, 1.165) is 28.5 Å². The summed E-state index contributed by atoms with van der Waals surface area (Å²) >= 11 is 1.16. The van der Waals surface area contributed by atoms with Crippen LogP contribution in [0.2, 0.25) is 0 Å². The molecule has 0 radical (unpaired) electrons. The number of aromatic nitrogens is 4. The Labute approximate surface area is 149 Å². The molecule has 0 bridgehead atoms. The highest BCUT2D eigenvalue weighted by atomic mass is 32.1. The van der Waals surface area contributed by atoms with Gasteiger partial charge in [0.25, 0.3) is 0 Å². The monoisotopic (exact) mass is 358 g/mol. The Morgan fingerprint density at radius 3 is 3.00 bits per heavy atom. The molecule has 1 N–H and O–H groups in total. The summed E-state index contributed by atoms with van der Waals surface area (Å²) in [6.07, 6.45) is 3.62. The van der Waals surface area contributed by atoms with E-state index in [2.05, 4.69) is 19.8 Å². The van der Waals surface area contributed by atoms with Crippen LogP contribution in [0, 0.1) is 6.92 Å². The molecule has 0 saturated heterocycles. The van der Waals surface area contributed by atoms with Crippen molar-refractivity contribution in [3.63, 3.8) is 0 Å². The quantitative estimate of drug-likeness (QED) is 0.758. The van der Waals surface area contributed by atoms with E-state index in [-0.39, 0.29) is 6.03 Å². The highest BCUT2D eigenvalue weighted by Crippen LogP contribution is 2.17. The highest BCUT2D eigenvalue weighted by Gasteiger charge is 2.13. The molecule has 9 heteroatoms. The van der Waals surface area contributed by atoms with E-state index in [9.17, 15) is 4.79 Å². The van der Waals surface area contributed by atoms with Crippen LogP contribution >= 0.6 is 11.5 Å². The number of hydrogen-bond acceptors (Lipinski definition) is 6. The highest BCUT2D eigenvalue weighted by molar-refractivity contribution is 7.09. The first-order valence-corrected chi connectivity index (χ1v) is 8.33. The third kappa shape index (κ3) is 4.13. The number of benzene rings is 1. The lowest BCUT2D eigenvalue weighted by Gasteiger charge is -2.15. The number of hydrogen-bond donors (Lipinski definition) is 1. The fraction of sp³-hybridized carbons (Fsp3) is 0.250. The summed E-state index contributed by atoms with van der Waals surface area (Å²) in [5.74, 6) is 1.40. The van der Waals surface area contributed by atoms with Gasteiger partial charge in [-0.1, -0.05) is 6.07 Å². The molecule has 0 aliphatic carbocycles. The van der Waals surface area contributed by atoms with Crippen LogP contribution in [0.3, 0.4) is 0 Å². The zero-order valence-electron chi connectivity index (χ0n) is 14.1. The van der Waals surface area contributed by atoms with Gasteiger partial charge in [0.05, 0.1) is 25.5 Å². The number of amides is 2. The van der Waals surface area contributed by atoms with Gasteiger partial charge >= 0.3 is 6.03 Å². The first-order valence-electron chi connectivity index (χ1n) is 7.55. The van der Waals surface area contributed by atoms with Gasteiger partial charge in [0, 0.05) is 36.4 Å². The van der Waals surface area contributed by atoms with Gasteiger partial charge in [-0.15, -0.1) is 0 Å². The molecule has 3 aromatic rings. The fourth-order valence-corrected chi connectivity index (χ4v) is 2.78. The average Bonchev–Trinajstić information content (AvgIpc) is 3.24. The van der Waals surface area contributed by atoms with Gasteiger partial charge in [0.15, 0.2) is 0 Å². The van der Waals surface area contributed by atoms with E-state index in [1.807, 2.05) is 30.5 Å². The third-order valence-electron chi connectivity index (χ3n) is 3.46. The minimum absolute atomic E-state index is 0.245. The summed E-state index contributed by atoms with van der Waals surface area (Å²) < 4.78 is 11.0. The zero-order chi connectivity index (χ0) is 17.8. The summed E-state index contributed by atoms with van der Waals surface area (Å²) in [4.78, 5) is 17.9. The number of ether oxygens (including phenoxy) is 1. The van der Waals surface area contributed by atoms with Gasteiger partial charge in [-0.2, -0.15) is 9.47 Å². The summed E-state index contributed by atoms with van der Waals surface area (Å²) in [5.41, 5.74) is 1.80. The second-order valence-electron chi connectivity index (χ2n) is 5.43. The first-order chi connectivity index (χ1) is 12.0. The molecule has 0 fully saturated rings. The van der Waals surface area contributed by atoms with Crippen LogP contribution in [-0.2, 0) is 6.54 Å². The minimum Gasteiger partial charge on any atom is -0.497 e. The van der Waals surface area contributed by atoms with Crippen molar-refractivity contribution in [3.8, 4) is 11.4 Å². The Morgan fingerprint density at radius 1 is 1.44 bits per heavy atom. The molecule has 130 valence electrons. The Balaban J connectivity index is 1.65. The molecule has 0 spiro atoms. The number of urea groups is 1. The number of nitrogens with one attached hydrogen (secondary N) is 1. The van der Waals surface area contributed by atoms with Crippen LogP contribution in [-0.4, -0.2) is 44.2 Å². The minimum atomic E-state index is -0.245. The van der Waals surface area contributed by atoms with Crippen molar-refractivity contribution < 1.29 is 9.53 Å². The number of anilines is 1. The van der Waals surface area contributed by atoms with Crippen molar-refractivity contribution in [1.82, 2.24) is 24.0 Å². The van der Waals surface area contributed by atoms with Crippen molar-refractivity contribution in [2.75, 3.05) is 19.5 Å². The maximum atomic E-state index is 12.2. The van der Waals surface area contributed by atoms with E-state index >= 15 is 0 Å². The Bertz CT molecular complexity index is 875. The molecule has 8 nitrogen and oxygen atoms in total. The molecular formula is C16H18N6O2S. The lowest BCUT2D eigenvalue weighted by Crippen LogP contribution is -2.30. The summed E-state index contributed by atoms with van der Waals surface area (Å²) in [5, 5.41) is 7.56. The van der Waals surface area contributed by atoms with Gasteiger partial charge in [-0.3, -0.25) is 5.32 Å². The standard InChI is InChI=1S/C16H18N6O2S/c1-11-18-15(25-20-11)19-16(23)21(2)9-12-8-17-22(10-12)13-5-4-6-14(7-13)24-3/h4-8,10H,9H2,1-3H3,(H,18,19,20,23). The van der Waals surface area contributed by atoms with Crippen LogP contribution in [0.4, 0.5) is 9.93 Å². The second-order valence-corrected chi connectivity index (χ2v) is 6.18. The van der Waals surface area contributed by atoms with Crippen LogP contribution in [0.15, 0.2) is 36.7 Å². The molecule has 25 heavy (non-hydrogen) atoms. The SMILES string of the molecule is COc1cccc(-n2cc(CN(C)C(=O)Nc3nc(C)ns3)cn2)c1. The van der Waals surface area contributed by atoms with Gasteiger partial charge in [-0.05, 0) is 19.1 Å². The Kier molecular flexibility index (Phi) is 4.94. The number of methoxy groups -OCH3 is 1. The Hall–Kier alpha value is -2.94. The number of carbonyl (C=O) groups is 1. The molecule has 0 aliphatic heterocycles. The molecule has 3 rings (SSSR count). The van der Waals surface area contributed by atoms with Gasteiger partial charge in [0.1, 0.15) is 11.6 Å². The predicted octanol–water partition coefficient (Wildman–Crippen LogP) is 2.70. The third-order valence-corrected chi connectivity index (χ3v) is 4.18. The molecule has 1 aromatic carbocycles. The zero-order valence-corrected chi connectivity index (χ0v) is 14.9. The van der Waals surface area contributed by atoms with E-state index in [0.29, 0.717) is 17.5 Å². The largest absolute Gasteiger partial charge is 0.497 e. The van der Waals surface area contributed by atoms with E-state index in [1.165, 1.54) is 0 Å². The average molecular weight is 358 g/mol. The van der Waals surface area contributed by atoms with Crippen molar-refractivity contribution in [2.45, 2.75) is 13.5 Å². The van der Waals surface area contributed by atoms with Crippen molar-refractivity contribution >= 4 is 22.7 Å². The van der Waals surface area contributed by atoms with E-state index < -0.39 is 0 Å². The van der Waals surface area contributed by atoms with Gasteiger partial charge in [0.2, 0.25) is 5.13 Å². The molecule has 0 aliphatic rings. The molecule has 2 aromatic heterocycles. The van der Waals surface area contributed by atoms with Gasteiger partial charge in [-0.25, -0.2) is 14.5 Å². The Morgan fingerprint density at radius 2 is 2.28 bits per heavy atom. The van der Waals surface area contributed by atoms with Gasteiger partial charge < -0.3 is 9.64 Å². The molecule has 0 saturated carbocycles. The number of rotatable bonds is 5. The van der Waals surface area contributed by atoms with E-state index in [4.69, 9.17) is 4.74 Å². The normalized spacial score (nSPS) is 10.5. The van der Waals surface area contributed by atoms with Crippen LogP contribution in [0.5, 0.6) is 5.75 Å². The number of nitrogens with zero attached hydrogens (tertiary/aromatic N) is 5. The lowest BCUT2D eigenvalue weighted by molar-refractivity contribution is 0.220. The predicted molar refractivity (Wildman–Crippen MR) is 95.2 cm³/mol. The van der Waals surface area contributed by atoms with Crippen LogP contribution in [0.25, 0.3) is 5.69 Å². The number of aryl methyl sites for hydroxylation is 1. The van der Waals surface area contributed by atoms with Crippen LogP contribution < -0.4 is 10.1 Å². The second kappa shape index (κ2) is 7.31. The first kappa shape index (κ1) is 16.9. The molecule has 2 amide bonds. The summed E-state index contributed by atoms with van der Waals surface area (Å²) in [6, 6.07) is 7.36.